The standard InChI is InChI=1S/C32H30FN5O6S3/c1-3-36(4-2)21-11-5-18(6-12-21)25-26-27(30(41)38(29(26)40)22-13-7-19(33)8-14-22)45-31-28(25)46-32(42)37(31)17-24(39)35-20-9-15-23(16-10-20)47(34,43)44/h5-16,25-27H,3-4,17H2,1-2H3,(H,35,39)(H2,34,43,44)/t25-,26-,27+/m0/s1. The molecule has 15 heteroatoms. The molecule has 0 spiro atoms. The van der Waals surface area contributed by atoms with Crippen LogP contribution in [-0.4, -0.2) is 49.0 Å². The van der Waals surface area contributed by atoms with Crippen LogP contribution in [0.5, 0.6) is 0 Å². The van der Waals surface area contributed by atoms with Gasteiger partial charge in [0.2, 0.25) is 27.7 Å². The molecule has 47 heavy (non-hydrogen) atoms. The molecule has 1 fully saturated rings. The fourth-order valence-corrected chi connectivity index (χ4v) is 9.30. The SMILES string of the molecule is CCN(CC)c1ccc([C@@H]2c3sc(=O)n(CC(=O)Nc4ccc(S(N)(=O)=O)cc4)c3S[C@H]3C(=O)N(c4ccc(F)cc4)C(=O)[C@@H]23)cc1. The number of nitrogens with zero attached hydrogens (tertiary/aromatic N) is 3. The summed E-state index contributed by atoms with van der Waals surface area (Å²) in [5.41, 5.74) is 2.28. The van der Waals surface area contributed by atoms with Gasteiger partial charge in [-0.1, -0.05) is 35.2 Å². The largest absolute Gasteiger partial charge is 0.372 e. The summed E-state index contributed by atoms with van der Waals surface area (Å²) in [5, 5.41) is 7.32. The maximum atomic E-state index is 14.1. The molecular formula is C32H30FN5O6S3. The molecule has 2 aliphatic rings. The summed E-state index contributed by atoms with van der Waals surface area (Å²) >= 11 is 2.00. The number of carbonyl (C=O) groups excluding carboxylic acids is 3. The first-order valence-electron chi connectivity index (χ1n) is 14.7. The summed E-state index contributed by atoms with van der Waals surface area (Å²) in [7, 11) is -3.92. The molecule has 0 radical (unpaired) electrons. The number of rotatable bonds is 9. The number of nitrogens with two attached hydrogens (primary N) is 1. The molecular weight excluding hydrogens is 666 g/mol. The van der Waals surface area contributed by atoms with E-state index in [1.807, 2.05) is 24.3 Å². The number of halogens is 1. The van der Waals surface area contributed by atoms with Gasteiger partial charge in [0.05, 0.1) is 21.5 Å². The van der Waals surface area contributed by atoms with Crippen molar-refractivity contribution in [1.29, 1.82) is 0 Å². The highest BCUT2D eigenvalue weighted by molar-refractivity contribution is 8.00. The van der Waals surface area contributed by atoms with E-state index < -0.39 is 55.5 Å². The van der Waals surface area contributed by atoms with Gasteiger partial charge in [-0.3, -0.25) is 23.7 Å². The second-order valence-electron chi connectivity index (χ2n) is 11.0. The molecule has 244 valence electrons. The van der Waals surface area contributed by atoms with E-state index in [0.717, 1.165) is 52.3 Å². The molecule has 0 bridgehead atoms. The van der Waals surface area contributed by atoms with Crippen molar-refractivity contribution in [3.8, 4) is 0 Å². The minimum atomic E-state index is -3.92. The summed E-state index contributed by atoms with van der Waals surface area (Å²) in [6, 6.07) is 18.1. The first-order valence-corrected chi connectivity index (χ1v) is 18.0. The molecule has 0 saturated carbocycles. The average Bonchev–Trinajstić information content (AvgIpc) is 3.48. The van der Waals surface area contributed by atoms with Crippen LogP contribution in [0.2, 0.25) is 0 Å². The molecule has 3 aromatic carbocycles. The Hall–Kier alpha value is -4.31. The zero-order valence-corrected chi connectivity index (χ0v) is 27.7. The Morgan fingerprint density at radius 1 is 0.936 bits per heavy atom. The maximum Gasteiger partial charge on any atom is 0.308 e. The van der Waals surface area contributed by atoms with E-state index in [0.29, 0.717) is 15.6 Å². The highest BCUT2D eigenvalue weighted by atomic mass is 32.2. The molecule has 1 aromatic heterocycles. The molecule has 3 amide bonds. The number of thiazole rings is 1. The van der Waals surface area contributed by atoms with E-state index in [2.05, 4.69) is 24.1 Å². The summed E-state index contributed by atoms with van der Waals surface area (Å²) in [4.78, 5) is 57.8. The Kier molecular flexibility index (Phi) is 8.82. The number of benzene rings is 3. The second-order valence-corrected chi connectivity index (χ2v) is 14.7. The van der Waals surface area contributed by atoms with Gasteiger partial charge in [-0.15, -0.1) is 0 Å². The molecule has 3 N–H and O–H groups in total. The third kappa shape index (κ3) is 6.11. The maximum absolute atomic E-state index is 14.1. The molecule has 0 unspecified atom stereocenters. The molecule has 6 rings (SSSR count). The van der Waals surface area contributed by atoms with Crippen LogP contribution in [-0.2, 0) is 31.0 Å². The van der Waals surface area contributed by atoms with Crippen LogP contribution in [0.3, 0.4) is 0 Å². The smallest absolute Gasteiger partial charge is 0.308 e. The van der Waals surface area contributed by atoms with E-state index in [-0.39, 0.29) is 17.1 Å². The Bertz CT molecular complexity index is 2020. The van der Waals surface area contributed by atoms with Gasteiger partial charge in [-0.2, -0.15) is 0 Å². The Labute approximate surface area is 278 Å². The second kappa shape index (κ2) is 12.7. The van der Waals surface area contributed by atoms with Crippen LogP contribution in [0, 0.1) is 11.7 Å². The molecule has 0 aliphatic carbocycles. The van der Waals surface area contributed by atoms with Crippen LogP contribution < -0.4 is 25.1 Å². The molecule has 11 nitrogen and oxygen atoms in total. The van der Waals surface area contributed by atoms with E-state index in [4.69, 9.17) is 5.14 Å². The summed E-state index contributed by atoms with van der Waals surface area (Å²) in [6.45, 7) is 5.31. The van der Waals surface area contributed by atoms with Crippen LogP contribution in [0.4, 0.5) is 21.5 Å². The lowest BCUT2D eigenvalue weighted by molar-refractivity contribution is -0.122. The number of amides is 3. The zero-order chi connectivity index (χ0) is 33.6. The Morgan fingerprint density at radius 2 is 1.57 bits per heavy atom. The predicted octanol–water partition coefficient (Wildman–Crippen LogP) is 3.98. The molecule has 2 aliphatic heterocycles. The van der Waals surface area contributed by atoms with Crippen molar-refractivity contribution in [2.24, 2.45) is 11.1 Å². The quantitative estimate of drug-likeness (QED) is 0.250. The number of aromatic nitrogens is 1. The fraction of sp³-hybridized carbons (Fsp3) is 0.250. The number of fused-ring (bicyclic) bond motifs is 2. The van der Waals surface area contributed by atoms with Gasteiger partial charge in [0, 0.05) is 35.3 Å². The van der Waals surface area contributed by atoms with Gasteiger partial charge < -0.3 is 10.2 Å². The minimum absolute atomic E-state index is 0.119. The number of sulfonamides is 1. The van der Waals surface area contributed by atoms with Crippen LogP contribution in [0.15, 0.2) is 87.5 Å². The van der Waals surface area contributed by atoms with Gasteiger partial charge in [0.25, 0.3) is 0 Å². The number of nitrogens with one attached hydrogen (secondary N) is 1. The van der Waals surface area contributed by atoms with Gasteiger partial charge >= 0.3 is 4.87 Å². The monoisotopic (exact) mass is 695 g/mol. The number of hydrogen-bond donors (Lipinski definition) is 2. The van der Waals surface area contributed by atoms with Crippen molar-refractivity contribution < 1.29 is 27.2 Å². The number of imide groups is 1. The highest BCUT2D eigenvalue weighted by Crippen LogP contribution is 2.54. The highest BCUT2D eigenvalue weighted by Gasteiger charge is 2.56. The lowest BCUT2D eigenvalue weighted by Gasteiger charge is -2.31. The number of thioether (sulfide) groups is 1. The minimum Gasteiger partial charge on any atom is -0.372 e. The lowest BCUT2D eigenvalue weighted by atomic mass is 9.83. The number of carbonyl (C=O) groups is 3. The van der Waals surface area contributed by atoms with Gasteiger partial charge in [-0.25, -0.2) is 22.8 Å². The van der Waals surface area contributed by atoms with E-state index in [1.165, 1.54) is 53.1 Å². The molecule has 4 aromatic rings. The molecule has 3 atom stereocenters. The lowest BCUT2D eigenvalue weighted by Crippen LogP contribution is -2.33. The third-order valence-electron chi connectivity index (χ3n) is 8.28. The van der Waals surface area contributed by atoms with Crippen molar-refractivity contribution in [3.05, 3.63) is 98.7 Å². The van der Waals surface area contributed by atoms with Crippen molar-refractivity contribution in [1.82, 2.24) is 4.57 Å². The zero-order valence-electron chi connectivity index (χ0n) is 25.3. The summed E-state index contributed by atoms with van der Waals surface area (Å²) < 4.78 is 38.2. The van der Waals surface area contributed by atoms with Gasteiger partial charge in [0.15, 0.2) is 0 Å². The predicted molar refractivity (Wildman–Crippen MR) is 179 cm³/mol. The first kappa shape index (κ1) is 32.6. The van der Waals surface area contributed by atoms with Crippen LogP contribution in [0.1, 0.15) is 30.2 Å². The van der Waals surface area contributed by atoms with Gasteiger partial charge in [0.1, 0.15) is 17.6 Å². The third-order valence-corrected chi connectivity index (χ3v) is 11.8. The van der Waals surface area contributed by atoms with Crippen LogP contribution >= 0.6 is 23.1 Å². The number of primary sulfonamides is 1. The molecule has 3 heterocycles. The van der Waals surface area contributed by atoms with Crippen molar-refractivity contribution in [2.45, 2.75) is 41.5 Å². The van der Waals surface area contributed by atoms with Crippen molar-refractivity contribution >= 4 is 67.9 Å². The van der Waals surface area contributed by atoms with Crippen LogP contribution in [0.25, 0.3) is 0 Å². The summed E-state index contributed by atoms with van der Waals surface area (Å²) in [6.07, 6.45) is 0. The average molecular weight is 696 g/mol. The first-order chi connectivity index (χ1) is 22.4. The van der Waals surface area contributed by atoms with E-state index in [9.17, 15) is 32.0 Å². The Balaban J connectivity index is 1.38. The topological polar surface area (TPSA) is 152 Å². The number of hydrogen-bond acceptors (Lipinski definition) is 9. The van der Waals surface area contributed by atoms with E-state index in [1.54, 1.807) is 0 Å². The van der Waals surface area contributed by atoms with E-state index >= 15 is 0 Å². The van der Waals surface area contributed by atoms with Gasteiger partial charge in [-0.05, 0) is 80.1 Å². The normalized spacial score (nSPS) is 19.0. The van der Waals surface area contributed by atoms with Crippen molar-refractivity contribution in [2.75, 3.05) is 28.2 Å². The van der Waals surface area contributed by atoms with Crippen molar-refractivity contribution in [3.63, 3.8) is 0 Å². The summed E-state index contributed by atoms with van der Waals surface area (Å²) in [5.74, 6) is -3.50. The molecule has 1 saturated heterocycles. The Morgan fingerprint density at radius 3 is 2.17 bits per heavy atom. The number of anilines is 3. The fourth-order valence-electron chi connectivity index (χ4n) is 6.01.